The zero-order valence-corrected chi connectivity index (χ0v) is 9.86. The van der Waals surface area contributed by atoms with Gasteiger partial charge in [0.15, 0.2) is 4.99 Å². The number of aromatic nitrogens is 2. The largest absolute Gasteiger partial charge is 0.414 e. The first kappa shape index (κ1) is 10.8. The van der Waals surface area contributed by atoms with Crippen molar-refractivity contribution >= 4 is 17.2 Å². The lowest BCUT2D eigenvalue weighted by molar-refractivity contribution is 0.533. The summed E-state index contributed by atoms with van der Waals surface area (Å²) >= 11 is 5.14. The Balaban J connectivity index is 2.30. The fourth-order valence-electron chi connectivity index (χ4n) is 1.20. The van der Waals surface area contributed by atoms with Gasteiger partial charge in [0.25, 0.3) is 5.89 Å². The zero-order chi connectivity index (χ0) is 11.5. The van der Waals surface area contributed by atoms with Crippen LogP contribution in [0.3, 0.4) is 0 Å². The van der Waals surface area contributed by atoms with Gasteiger partial charge in [0.1, 0.15) is 0 Å². The fourth-order valence-corrected chi connectivity index (χ4v) is 1.28. The van der Waals surface area contributed by atoms with Crippen molar-refractivity contribution in [3.63, 3.8) is 0 Å². The molecular formula is C11H11N3OS. The first-order valence-corrected chi connectivity index (χ1v) is 5.20. The van der Waals surface area contributed by atoms with E-state index in [9.17, 15) is 0 Å². The third kappa shape index (κ3) is 2.09. The minimum absolute atomic E-state index is 0.374. The van der Waals surface area contributed by atoms with Gasteiger partial charge in [-0.05, 0) is 12.1 Å². The molecule has 0 amide bonds. The Morgan fingerprint density at radius 1 is 1.19 bits per heavy atom. The normalized spacial score (nSPS) is 10.1. The molecule has 1 heterocycles. The van der Waals surface area contributed by atoms with Crippen LogP contribution in [0.4, 0.5) is 0 Å². The Morgan fingerprint density at radius 2 is 1.88 bits per heavy atom. The maximum Gasteiger partial charge on any atom is 0.275 e. The van der Waals surface area contributed by atoms with Crippen LogP contribution in [-0.4, -0.2) is 34.2 Å². The standard InChI is InChI=1S/C11H11N3OS/c1-14(2)11(16)10-13-12-9(15-10)8-6-4-3-5-7-8/h3-7H,1-2H3. The van der Waals surface area contributed by atoms with Crippen LogP contribution < -0.4 is 0 Å². The lowest BCUT2D eigenvalue weighted by atomic mass is 10.2. The highest BCUT2D eigenvalue weighted by Crippen LogP contribution is 2.17. The number of benzene rings is 1. The van der Waals surface area contributed by atoms with Crippen LogP contribution in [-0.2, 0) is 0 Å². The van der Waals surface area contributed by atoms with Crippen molar-refractivity contribution < 1.29 is 4.42 Å². The predicted molar refractivity (Wildman–Crippen MR) is 65.1 cm³/mol. The molecule has 0 bridgehead atoms. The zero-order valence-electron chi connectivity index (χ0n) is 9.04. The van der Waals surface area contributed by atoms with Gasteiger partial charge in [-0.25, -0.2) is 0 Å². The highest BCUT2D eigenvalue weighted by molar-refractivity contribution is 7.80. The average molecular weight is 233 g/mol. The van der Waals surface area contributed by atoms with Gasteiger partial charge < -0.3 is 9.32 Å². The Hall–Kier alpha value is -1.75. The van der Waals surface area contributed by atoms with Crippen molar-refractivity contribution in [2.45, 2.75) is 0 Å². The minimum Gasteiger partial charge on any atom is -0.414 e. The van der Waals surface area contributed by atoms with Crippen molar-refractivity contribution in [2.24, 2.45) is 0 Å². The van der Waals surface area contributed by atoms with Crippen LogP contribution in [0.15, 0.2) is 34.7 Å². The molecule has 0 aliphatic carbocycles. The smallest absolute Gasteiger partial charge is 0.275 e. The Morgan fingerprint density at radius 3 is 2.50 bits per heavy atom. The van der Waals surface area contributed by atoms with Gasteiger partial charge in [-0.3, -0.25) is 0 Å². The summed E-state index contributed by atoms with van der Waals surface area (Å²) in [6.45, 7) is 0. The van der Waals surface area contributed by atoms with Gasteiger partial charge >= 0.3 is 0 Å². The van der Waals surface area contributed by atoms with Crippen molar-refractivity contribution in [3.05, 3.63) is 36.2 Å². The van der Waals surface area contributed by atoms with Gasteiger partial charge in [0.2, 0.25) is 5.89 Å². The van der Waals surface area contributed by atoms with E-state index < -0.39 is 0 Å². The number of thiocarbonyl (C=S) groups is 1. The summed E-state index contributed by atoms with van der Waals surface area (Å²) in [5, 5.41) is 7.87. The van der Waals surface area contributed by atoms with Crippen molar-refractivity contribution in [1.29, 1.82) is 0 Å². The van der Waals surface area contributed by atoms with Gasteiger partial charge in [-0.15, -0.1) is 10.2 Å². The molecule has 0 unspecified atom stereocenters. The molecule has 4 nitrogen and oxygen atoms in total. The molecule has 0 N–H and O–H groups in total. The van der Waals surface area contributed by atoms with Crippen molar-refractivity contribution in [1.82, 2.24) is 15.1 Å². The molecular weight excluding hydrogens is 222 g/mol. The molecule has 0 aliphatic rings. The minimum atomic E-state index is 0.374. The SMILES string of the molecule is CN(C)C(=S)c1nnc(-c2ccccc2)o1. The van der Waals surface area contributed by atoms with E-state index in [0.717, 1.165) is 5.56 Å². The summed E-state index contributed by atoms with van der Waals surface area (Å²) in [6, 6.07) is 9.60. The van der Waals surface area contributed by atoms with E-state index >= 15 is 0 Å². The molecule has 1 aromatic carbocycles. The summed E-state index contributed by atoms with van der Waals surface area (Å²) in [5.41, 5.74) is 0.891. The Labute approximate surface area is 98.9 Å². The average Bonchev–Trinajstić information content (AvgIpc) is 2.78. The topological polar surface area (TPSA) is 42.2 Å². The molecule has 2 rings (SSSR count). The van der Waals surface area contributed by atoms with Gasteiger partial charge in [0, 0.05) is 19.7 Å². The van der Waals surface area contributed by atoms with E-state index in [0.29, 0.717) is 16.8 Å². The summed E-state index contributed by atoms with van der Waals surface area (Å²) in [7, 11) is 3.68. The molecule has 0 atom stereocenters. The highest BCUT2D eigenvalue weighted by atomic mass is 32.1. The maximum absolute atomic E-state index is 5.49. The number of hydrogen-bond donors (Lipinski definition) is 0. The number of rotatable bonds is 2. The van der Waals surface area contributed by atoms with Crippen LogP contribution in [0.2, 0.25) is 0 Å². The fraction of sp³-hybridized carbons (Fsp3) is 0.182. The van der Waals surface area contributed by atoms with Crippen LogP contribution in [0, 0.1) is 0 Å². The Kier molecular flexibility index (Phi) is 2.96. The molecule has 82 valence electrons. The van der Waals surface area contributed by atoms with Crippen molar-refractivity contribution in [2.75, 3.05) is 14.1 Å². The lowest BCUT2D eigenvalue weighted by Crippen LogP contribution is -2.20. The van der Waals surface area contributed by atoms with E-state index in [1.54, 1.807) is 4.90 Å². The van der Waals surface area contributed by atoms with Crippen molar-refractivity contribution in [3.8, 4) is 11.5 Å². The van der Waals surface area contributed by atoms with Crippen LogP contribution in [0.25, 0.3) is 11.5 Å². The highest BCUT2D eigenvalue weighted by Gasteiger charge is 2.13. The Bertz CT molecular complexity index is 493. The molecule has 5 heteroatoms. The molecule has 16 heavy (non-hydrogen) atoms. The molecule has 0 spiro atoms. The molecule has 0 fully saturated rings. The van der Waals surface area contributed by atoms with Gasteiger partial charge in [0.05, 0.1) is 0 Å². The predicted octanol–water partition coefficient (Wildman–Crippen LogP) is 1.97. The molecule has 0 aliphatic heterocycles. The molecule has 1 aromatic heterocycles. The molecule has 2 aromatic rings. The molecule has 0 saturated heterocycles. The monoisotopic (exact) mass is 233 g/mol. The summed E-state index contributed by atoms with van der Waals surface area (Å²) in [4.78, 5) is 2.30. The van der Waals surface area contributed by atoms with E-state index in [-0.39, 0.29) is 0 Å². The lowest BCUT2D eigenvalue weighted by Gasteiger charge is -2.08. The number of hydrogen-bond acceptors (Lipinski definition) is 4. The maximum atomic E-state index is 5.49. The third-order valence-corrected chi connectivity index (χ3v) is 2.57. The van der Waals surface area contributed by atoms with E-state index in [4.69, 9.17) is 16.6 Å². The second kappa shape index (κ2) is 4.40. The second-order valence-corrected chi connectivity index (χ2v) is 3.86. The van der Waals surface area contributed by atoms with E-state index in [2.05, 4.69) is 10.2 Å². The van der Waals surface area contributed by atoms with E-state index in [1.807, 2.05) is 44.4 Å². The van der Waals surface area contributed by atoms with Crippen LogP contribution >= 0.6 is 12.2 Å². The summed E-state index contributed by atoms with van der Waals surface area (Å²) in [5.74, 6) is 0.860. The van der Waals surface area contributed by atoms with Gasteiger partial charge in [-0.2, -0.15) is 0 Å². The first-order valence-electron chi connectivity index (χ1n) is 4.79. The quantitative estimate of drug-likeness (QED) is 0.742. The van der Waals surface area contributed by atoms with E-state index in [1.165, 1.54) is 0 Å². The van der Waals surface area contributed by atoms with Crippen LogP contribution in [0.1, 0.15) is 5.89 Å². The van der Waals surface area contributed by atoms with Crippen LogP contribution in [0.5, 0.6) is 0 Å². The number of nitrogens with zero attached hydrogens (tertiary/aromatic N) is 3. The molecule has 0 saturated carbocycles. The summed E-state index contributed by atoms with van der Waals surface area (Å²) in [6.07, 6.45) is 0. The first-order chi connectivity index (χ1) is 7.68. The third-order valence-electron chi connectivity index (χ3n) is 2.03. The summed E-state index contributed by atoms with van der Waals surface area (Å²) < 4.78 is 5.49. The second-order valence-electron chi connectivity index (χ2n) is 3.48. The van der Waals surface area contributed by atoms with Gasteiger partial charge in [-0.1, -0.05) is 30.4 Å². The molecule has 0 radical (unpaired) electrons.